The Hall–Kier alpha value is -14.9. The second-order valence-corrected chi connectivity index (χ2v) is 30.8. The number of nitro groups is 3. The molecule has 44 heteroatoms. The SMILES string of the molecule is COc1cc2c(c3ncccc13)NS(=O)(=O)c1ccc(C(F)(F)F)cc1-2.COc1ccc(N)c2ncccc12.COc1ccc(NS(=O)(=O)c2ccc(C(F)(F)F)cc2N)c2ncccc12.COc1ccc(NS(=O)(=O)c2ccc(C(F)(F)F)cc2[N+](=O)[O-])c2ncccc12.COc1ccc([N+](=O)[O-])c2ncccc12.O=[N+]([O-])c1ccc(Cl)c2cccnc12. The molecule has 0 fully saturated rings. The van der Waals surface area contributed by atoms with E-state index >= 15 is 0 Å². The molecule has 0 saturated heterocycles. The van der Waals surface area contributed by atoms with Gasteiger partial charge in [0.1, 0.15) is 39.2 Å². The third kappa shape index (κ3) is 19.6. The number of nitro benzene ring substituents is 3. The summed E-state index contributed by atoms with van der Waals surface area (Å²) in [5.74, 6) is 2.68. The number of methoxy groups -OCH3 is 5. The van der Waals surface area contributed by atoms with E-state index in [1.54, 1.807) is 92.2 Å². The minimum atomic E-state index is -4.86. The van der Waals surface area contributed by atoms with E-state index < -0.39 is 101 Å². The molecule has 0 aliphatic carbocycles. The maximum Gasteiger partial charge on any atom is 0.416 e. The number of halogens is 10. The predicted molar refractivity (Wildman–Crippen MR) is 443 cm³/mol. The lowest BCUT2D eigenvalue weighted by atomic mass is 9.98. The van der Waals surface area contributed by atoms with Gasteiger partial charge in [-0.2, -0.15) is 39.5 Å². The summed E-state index contributed by atoms with van der Waals surface area (Å²) in [7, 11) is -5.41. The van der Waals surface area contributed by atoms with Crippen LogP contribution in [0, 0.1) is 30.3 Å². The van der Waals surface area contributed by atoms with Crippen LogP contribution >= 0.6 is 11.6 Å². The third-order valence-electron chi connectivity index (χ3n) is 18.0. The maximum absolute atomic E-state index is 13.1. The van der Waals surface area contributed by atoms with Gasteiger partial charge in [0.2, 0.25) is 0 Å². The molecule has 0 amide bonds. The molecule has 15 aromatic rings. The van der Waals surface area contributed by atoms with Crippen molar-refractivity contribution in [3.63, 3.8) is 0 Å². The van der Waals surface area contributed by atoms with Crippen molar-refractivity contribution in [2.75, 3.05) is 61.2 Å². The highest BCUT2D eigenvalue weighted by atomic mass is 35.5. The highest BCUT2D eigenvalue weighted by Gasteiger charge is 2.39. The second kappa shape index (κ2) is 36.6. The molecule has 0 bridgehead atoms. The van der Waals surface area contributed by atoms with Gasteiger partial charge in [0.15, 0.2) is 10.4 Å². The number of nitrogens with one attached hydrogen (secondary N) is 3. The van der Waals surface area contributed by atoms with Crippen molar-refractivity contribution in [1.29, 1.82) is 0 Å². The summed E-state index contributed by atoms with van der Waals surface area (Å²) in [4.78, 5) is 53.4. The van der Waals surface area contributed by atoms with Crippen LogP contribution in [-0.4, -0.2) is 105 Å². The van der Waals surface area contributed by atoms with E-state index in [0.29, 0.717) is 107 Å². The monoisotopic (exact) mass is 1790 g/mol. The molecule has 9 aromatic carbocycles. The molecule has 6 aromatic heterocycles. The van der Waals surface area contributed by atoms with E-state index in [1.807, 2.05) is 18.2 Å². The Morgan fingerprint density at radius 3 is 1.19 bits per heavy atom. The highest BCUT2D eigenvalue weighted by molar-refractivity contribution is 7.93. The van der Waals surface area contributed by atoms with Gasteiger partial charge in [-0.1, -0.05) is 11.6 Å². The van der Waals surface area contributed by atoms with Crippen LogP contribution < -0.4 is 49.3 Å². The van der Waals surface area contributed by atoms with Gasteiger partial charge in [-0.3, -0.25) is 64.4 Å². The molecule has 124 heavy (non-hydrogen) atoms. The van der Waals surface area contributed by atoms with E-state index in [9.17, 15) is 95.1 Å². The molecule has 7 N–H and O–H groups in total. The number of rotatable bonds is 14. The first kappa shape index (κ1) is 89.9. The molecule has 7 heterocycles. The summed E-state index contributed by atoms with van der Waals surface area (Å²) in [6.07, 6.45) is -4.98. The molecule has 0 unspecified atom stereocenters. The summed E-state index contributed by atoms with van der Waals surface area (Å²) in [5.41, 5.74) is 9.75. The Bertz CT molecular complexity index is 7060. The normalized spacial score (nSPS) is 12.1. The number of nitrogen functional groups attached to an aromatic ring is 2. The van der Waals surface area contributed by atoms with Crippen molar-refractivity contribution in [3.05, 3.63) is 283 Å². The van der Waals surface area contributed by atoms with Crippen molar-refractivity contribution in [2.45, 2.75) is 33.2 Å². The summed E-state index contributed by atoms with van der Waals surface area (Å²) >= 11 is 5.87. The Balaban J connectivity index is 0.000000149. The van der Waals surface area contributed by atoms with Gasteiger partial charge in [0.25, 0.3) is 47.1 Å². The van der Waals surface area contributed by atoms with Crippen LogP contribution in [0.3, 0.4) is 0 Å². The zero-order valence-corrected chi connectivity index (χ0v) is 67.3. The first-order valence-corrected chi connectivity index (χ1v) is 39.8. The van der Waals surface area contributed by atoms with Crippen LogP contribution in [0.4, 0.5) is 85.0 Å². The van der Waals surface area contributed by atoms with Crippen molar-refractivity contribution in [1.82, 2.24) is 29.9 Å². The summed E-state index contributed by atoms with van der Waals surface area (Å²) < 4.78 is 225. The molecule has 1 aliphatic heterocycles. The number of non-ortho nitro benzene ring substituents is 2. The van der Waals surface area contributed by atoms with Crippen LogP contribution in [0.1, 0.15) is 16.7 Å². The van der Waals surface area contributed by atoms with Crippen LogP contribution in [-0.2, 0) is 48.6 Å². The number of nitrogens with two attached hydrogens (primary N) is 2. The number of alkyl halides is 9. The van der Waals surface area contributed by atoms with Gasteiger partial charge in [0.05, 0.1) is 127 Å². The first-order valence-electron chi connectivity index (χ1n) is 35.0. The minimum Gasteiger partial charge on any atom is -0.496 e. The molecular weight excluding hydrogens is 1730 g/mol. The van der Waals surface area contributed by atoms with Crippen LogP contribution in [0.5, 0.6) is 28.7 Å². The van der Waals surface area contributed by atoms with E-state index in [1.165, 1.54) is 102 Å². The van der Waals surface area contributed by atoms with Crippen LogP contribution in [0.2, 0.25) is 5.02 Å². The predicted octanol–water partition coefficient (Wildman–Crippen LogP) is 18.4. The Labute approximate surface area is 699 Å². The molecule has 640 valence electrons. The largest absolute Gasteiger partial charge is 0.496 e. The fourth-order valence-electron chi connectivity index (χ4n) is 12.4. The zero-order chi connectivity index (χ0) is 90.1. The average Bonchev–Trinajstić information content (AvgIpc) is 0.725. The van der Waals surface area contributed by atoms with Gasteiger partial charge in [-0.15, -0.1) is 0 Å². The molecule has 31 nitrogen and oxygen atoms in total. The first-order chi connectivity index (χ1) is 58.7. The fourth-order valence-corrected chi connectivity index (χ4v) is 16.3. The number of sulfonamides is 3. The Morgan fingerprint density at radius 2 is 0.742 bits per heavy atom. The number of benzene rings is 9. The lowest BCUT2D eigenvalue weighted by molar-refractivity contribution is -0.388. The lowest BCUT2D eigenvalue weighted by Crippen LogP contribution is -2.20. The van der Waals surface area contributed by atoms with Crippen LogP contribution in [0.25, 0.3) is 76.5 Å². The fraction of sp³-hybridized carbons (Fsp3) is 0.100. The Kier molecular flexibility index (Phi) is 26.6. The van der Waals surface area contributed by atoms with Crippen molar-refractivity contribution in [2.24, 2.45) is 0 Å². The van der Waals surface area contributed by atoms with Gasteiger partial charge in [-0.25, -0.2) is 35.2 Å². The number of pyridine rings is 6. The molecule has 0 atom stereocenters. The number of nitrogens with zero attached hydrogens (tertiary/aromatic N) is 9. The number of anilines is 5. The topological polar surface area (TPSA) is 443 Å². The van der Waals surface area contributed by atoms with Gasteiger partial charge >= 0.3 is 18.5 Å². The van der Waals surface area contributed by atoms with Gasteiger partial charge in [-0.05, 0) is 176 Å². The minimum absolute atomic E-state index is 0.00796. The number of hydrogen-bond acceptors (Lipinski definition) is 25. The molecule has 0 saturated carbocycles. The molecule has 1 aliphatic rings. The van der Waals surface area contributed by atoms with E-state index in [0.717, 1.165) is 40.9 Å². The molecule has 16 rings (SSSR count). The highest BCUT2D eigenvalue weighted by Crippen LogP contribution is 2.48. The molecule has 0 radical (unpaired) electrons. The van der Waals surface area contributed by atoms with E-state index in [4.69, 9.17) is 46.8 Å². The standard InChI is InChI=1S/C17H12F3N3O5S.C17H14F3N3O3S.C17H11F3N2O3S.C10H8N2O3.C10H10N2O.C9H5ClN2O2/c1-28-14-6-5-12(16-11(14)3-2-8-21-16)22-29(26,27)15-7-4-10(17(18,19)20)9-13(15)23(24)25;1-26-14-6-5-13(16-11(14)3-2-8-22-16)23-27(24,25)15-7-4-10(9-12(15)21)17(18,19)20;1-25-13-8-12-11-7-9(17(18,19)20)4-5-14(11)26(23,24)22-16(12)15-10(13)3-2-6-21-15;1-15-9-5-4-8(12(13)14)10-7(9)3-2-6-11-10;1-13-9-5-4-8(11)10-7(9)3-2-6-12-10;10-7-3-4-8(12(13)14)9-6(7)2-1-5-11-9/h2-9,22H,1H3;2-9,23H,21H2,1H3;2-8,22H,1H3;2-6H,1H3;2-6H,11H2,1H3;1-5H. The van der Waals surface area contributed by atoms with Crippen molar-refractivity contribution >= 4 is 153 Å². The third-order valence-corrected chi connectivity index (χ3v) is 22.6. The quantitative estimate of drug-likeness (QED) is 0.0292. The number of fused-ring (bicyclic) bond motifs is 10. The summed E-state index contributed by atoms with van der Waals surface area (Å²) in [6.45, 7) is 0. The zero-order valence-electron chi connectivity index (χ0n) is 64.1. The lowest BCUT2D eigenvalue weighted by Gasteiger charge is -2.24. The smallest absolute Gasteiger partial charge is 0.416 e. The molecule has 0 spiro atoms. The van der Waals surface area contributed by atoms with Crippen LogP contribution in [0.15, 0.2) is 246 Å². The maximum atomic E-state index is 13.1. The second-order valence-electron chi connectivity index (χ2n) is 25.5. The van der Waals surface area contributed by atoms with Gasteiger partial charge < -0.3 is 35.2 Å². The number of ether oxygens (including phenoxy) is 5. The number of aromatic nitrogens is 6. The molecular formula is C80H60ClF9N14O17S3. The average molecular weight is 1790 g/mol. The summed E-state index contributed by atoms with van der Waals surface area (Å²) in [5, 5.41) is 36.9. The van der Waals surface area contributed by atoms with E-state index in [-0.39, 0.29) is 56.0 Å². The van der Waals surface area contributed by atoms with Crippen molar-refractivity contribution in [3.8, 4) is 39.9 Å². The number of hydrogen-bond donors (Lipinski definition) is 5. The Morgan fingerprint density at radius 1 is 0.387 bits per heavy atom. The van der Waals surface area contributed by atoms with Crippen molar-refractivity contribution < 1.29 is 103 Å². The van der Waals surface area contributed by atoms with E-state index in [2.05, 4.69) is 44.1 Å². The van der Waals surface area contributed by atoms with Gasteiger partial charge in [0, 0.05) is 98.8 Å². The summed E-state index contributed by atoms with van der Waals surface area (Å²) in [6, 6.07) is 43.2.